The van der Waals surface area contributed by atoms with Gasteiger partial charge in [-0.3, -0.25) is 0 Å². The molecular weight excluding hydrogens is 240 g/mol. The van der Waals surface area contributed by atoms with E-state index in [1.807, 2.05) is 25.1 Å². The highest BCUT2D eigenvalue weighted by Gasteiger charge is 2.07. The summed E-state index contributed by atoms with van der Waals surface area (Å²) in [7, 11) is 0. The fraction of sp³-hybridized carbons (Fsp3) is 0.188. The Morgan fingerprint density at radius 1 is 1.16 bits per heavy atom. The lowest BCUT2D eigenvalue weighted by Gasteiger charge is -2.07. The lowest BCUT2D eigenvalue weighted by molar-refractivity contribution is 0.0526. The first-order chi connectivity index (χ1) is 9.11. The van der Waals surface area contributed by atoms with Gasteiger partial charge in [-0.05, 0) is 54.8 Å². The van der Waals surface area contributed by atoms with Gasteiger partial charge in [-0.25, -0.2) is 4.79 Å². The topological polar surface area (TPSA) is 46.5 Å². The molecule has 19 heavy (non-hydrogen) atoms. The molecule has 0 saturated carbocycles. The number of phenolic OH excluding ortho intramolecular Hbond substituents is 1. The zero-order valence-electron chi connectivity index (χ0n) is 11.0. The highest BCUT2D eigenvalue weighted by Crippen LogP contribution is 2.26. The Morgan fingerprint density at radius 2 is 1.84 bits per heavy atom. The molecule has 0 aromatic heterocycles. The molecule has 0 radical (unpaired) electrons. The van der Waals surface area contributed by atoms with Crippen molar-refractivity contribution in [2.75, 3.05) is 6.61 Å². The van der Waals surface area contributed by atoms with E-state index in [1.165, 1.54) is 0 Å². The maximum Gasteiger partial charge on any atom is 0.338 e. The Balaban J connectivity index is 2.30. The van der Waals surface area contributed by atoms with Gasteiger partial charge in [-0.1, -0.05) is 18.2 Å². The molecule has 0 saturated heterocycles. The van der Waals surface area contributed by atoms with Crippen molar-refractivity contribution in [1.82, 2.24) is 0 Å². The molecule has 2 rings (SSSR count). The number of hydrogen-bond donors (Lipinski definition) is 1. The number of esters is 1. The van der Waals surface area contributed by atoms with Crippen molar-refractivity contribution >= 4 is 5.97 Å². The van der Waals surface area contributed by atoms with Gasteiger partial charge in [0.05, 0.1) is 12.2 Å². The van der Waals surface area contributed by atoms with E-state index >= 15 is 0 Å². The number of phenols is 1. The number of carbonyl (C=O) groups excluding carboxylic acids is 1. The van der Waals surface area contributed by atoms with Crippen molar-refractivity contribution in [2.45, 2.75) is 13.8 Å². The van der Waals surface area contributed by atoms with Crippen molar-refractivity contribution < 1.29 is 14.6 Å². The first kappa shape index (κ1) is 13.1. The van der Waals surface area contributed by atoms with Crippen LogP contribution in [0.1, 0.15) is 22.8 Å². The third-order valence-corrected chi connectivity index (χ3v) is 2.92. The summed E-state index contributed by atoms with van der Waals surface area (Å²) in [6.07, 6.45) is 0. The quantitative estimate of drug-likeness (QED) is 0.854. The Kier molecular flexibility index (Phi) is 3.85. The largest absolute Gasteiger partial charge is 0.508 e. The van der Waals surface area contributed by atoms with Crippen molar-refractivity contribution in [3.8, 4) is 16.9 Å². The van der Waals surface area contributed by atoms with Crippen LogP contribution in [0.3, 0.4) is 0 Å². The lowest BCUT2D eigenvalue weighted by Crippen LogP contribution is -2.04. The minimum absolute atomic E-state index is 0.254. The Bertz CT molecular complexity index is 585. The van der Waals surface area contributed by atoms with Gasteiger partial charge in [0.25, 0.3) is 0 Å². The minimum Gasteiger partial charge on any atom is -0.508 e. The molecule has 0 heterocycles. The van der Waals surface area contributed by atoms with Crippen LogP contribution in [0, 0.1) is 6.92 Å². The summed E-state index contributed by atoms with van der Waals surface area (Å²) in [4.78, 5) is 11.5. The van der Waals surface area contributed by atoms with E-state index < -0.39 is 0 Å². The van der Waals surface area contributed by atoms with E-state index in [0.29, 0.717) is 12.2 Å². The van der Waals surface area contributed by atoms with Crippen molar-refractivity contribution in [1.29, 1.82) is 0 Å². The number of aryl methyl sites for hydroxylation is 1. The monoisotopic (exact) mass is 256 g/mol. The third kappa shape index (κ3) is 2.94. The van der Waals surface area contributed by atoms with E-state index in [9.17, 15) is 9.90 Å². The summed E-state index contributed by atoms with van der Waals surface area (Å²) in [6, 6.07) is 12.5. The number of ether oxygens (including phenoxy) is 1. The second-order valence-corrected chi connectivity index (χ2v) is 4.30. The van der Waals surface area contributed by atoms with Gasteiger partial charge in [0.1, 0.15) is 5.75 Å². The fourth-order valence-corrected chi connectivity index (χ4v) is 1.97. The molecule has 0 aliphatic rings. The fourth-order valence-electron chi connectivity index (χ4n) is 1.97. The molecule has 0 fully saturated rings. The van der Waals surface area contributed by atoms with Crippen molar-refractivity contribution in [3.63, 3.8) is 0 Å². The molecule has 0 atom stereocenters. The number of aromatic hydroxyl groups is 1. The van der Waals surface area contributed by atoms with E-state index in [2.05, 4.69) is 0 Å². The van der Waals surface area contributed by atoms with Crippen LogP contribution < -0.4 is 0 Å². The summed E-state index contributed by atoms with van der Waals surface area (Å²) < 4.78 is 4.94. The molecule has 3 heteroatoms. The molecule has 2 aromatic carbocycles. The predicted molar refractivity (Wildman–Crippen MR) is 74.2 cm³/mol. The highest BCUT2D eigenvalue weighted by atomic mass is 16.5. The average molecular weight is 256 g/mol. The van der Waals surface area contributed by atoms with Crippen LogP contribution >= 0.6 is 0 Å². The standard InChI is InChI=1S/C16H16O3/c1-3-19-16(18)13-6-4-12(5-7-13)15-9-8-14(17)10-11(15)2/h4-10,17H,3H2,1-2H3. The van der Waals surface area contributed by atoms with Gasteiger partial charge in [0.2, 0.25) is 0 Å². The van der Waals surface area contributed by atoms with Crippen molar-refractivity contribution in [2.24, 2.45) is 0 Å². The minimum atomic E-state index is -0.309. The molecule has 0 aliphatic carbocycles. The van der Waals surface area contributed by atoms with E-state index in [-0.39, 0.29) is 11.7 Å². The van der Waals surface area contributed by atoms with Gasteiger partial charge in [0, 0.05) is 0 Å². The summed E-state index contributed by atoms with van der Waals surface area (Å²) in [5.41, 5.74) is 3.57. The van der Waals surface area contributed by atoms with E-state index in [0.717, 1.165) is 16.7 Å². The van der Waals surface area contributed by atoms with Gasteiger partial charge >= 0.3 is 5.97 Å². The molecule has 0 amide bonds. The van der Waals surface area contributed by atoms with Crippen LogP contribution in [0.25, 0.3) is 11.1 Å². The van der Waals surface area contributed by atoms with Crippen LogP contribution in [0.5, 0.6) is 5.75 Å². The Labute approximate surface area is 112 Å². The number of carbonyl (C=O) groups is 1. The van der Waals surface area contributed by atoms with Crippen LogP contribution in [0.15, 0.2) is 42.5 Å². The van der Waals surface area contributed by atoms with Crippen molar-refractivity contribution in [3.05, 3.63) is 53.6 Å². The van der Waals surface area contributed by atoms with Crippen LogP contribution in [0.4, 0.5) is 0 Å². The van der Waals surface area contributed by atoms with E-state index in [1.54, 1.807) is 31.2 Å². The number of hydrogen-bond acceptors (Lipinski definition) is 3. The first-order valence-electron chi connectivity index (χ1n) is 6.19. The maximum absolute atomic E-state index is 11.5. The molecule has 2 aromatic rings. The lowest BCUT2D eigenvalue weighted by atomic mass is 9.99. The first-order valence-corrected chi connectivity index (χ1v) is 6.19. The Morgan fingerprint density at radius 3 is 2.42 bits per heavy atom. The number of benzene rings is 2. The van der Waals surface area contributed by atoms with Gasteiger partial charge in [0.15, 0.2) is 0 Å². The highest BCUT2D eigenvalue weighted by molar-refractivity contribution is 5.90. The smallest absolute Gasteiger partial charge is 0.338 e. The zero-order valence-corrected chi connectivity index (χ0v) is 11.0. The molecule has 0 aliphatic heterocycles. The van der Waals surface area contributed by atoms with E-state index in [4.69, 9.17) is 4.74 Å². The zero-order chi connectivity index (χ0) is 13.8. The van der Waals surface area contributed by atoms with Gasteiger partial charge in [-0.15, -0.1) is 0 Å². The summed E-state index contributed by atoms with van der Waals surface area (Å²) in [6.45, 7) is 4.10. The van der Waals surface area contributed by atoms with Crippen LogP contribution in [-0.4, -0.2) is 17.7 Å². The van der Waals surface area contributed by atoms with Gasteiger partial charge < -0.3 is 9.84 Å². The second kappa shape index (κ2) is 5.57. The molecule has 3 nitrogen and oxygen atoms in total. The molecule has 1 N–H and O–H groups in total. The summed E-state index contributed by atoms with van der Waals surface area (Å²) in [5.74, 6) is -0.0547. The normalized spacial score (nSPS) is 10.2. The predicted octanol–water partition coefficient (Wildman–Crippen LogP) is 3.54. The molecular formula is C16H16O3. The number of rotatable bonds is 3. The second-order valence-electron chi connectivity index (χ2n) is 4.30. The molecule has 98 valence electrons. The summed E-state index contributed by atoms with van der Waals surface area (Å²) in [5, 5.41) is 9.40. The van der Waals surface area contributed by atoms with Crippen LogP contribution in [0.2, 0.25) is 0 Å². The maximum atomic E-state index is 11.5. The molecule has 0 bridgehead atoms. The average Bonchev–Trinajstić information content (AvgIpc) is 2.39. The SMILES string of the molecule is CCOC(=O)c1ccc(-c2ccc(O)cc2C)cc1. The third-order valence-electron chi connectivity index (χ3n) is 2.92. The molecule has 0 spiro atoms. The van der Waals surface area contributed by atoms with Crippen LogP contribution in [-0.2, 0) is 4.74 Å². The van der Waals surface area contributed by atoms with Gasteiger partial charge in [-0.2, -0.15) is 0 Å². The summed E-state index contributed by atoms with van der Waals surface area (Å²) >= 11 is 0. The Hall–Kier alpha value is -2.29. The molecule has 0 unspecified atom stereocenters.